The van der Waals surface area contributed by atoms with Crippen molar-refractivity contribution in [1.82, 2.24) is 14.5 Å². The number of para-hydroxylation sites is 1. The molecule has 0 aliphatic carbocycles. The molecule has 1 N–H and O–H groups in total. The van der Waals surface area contributed by atoms with Gasteiger partial charge in [-0.15, -0.1) is 0 Å². The Morgan fingerprint density at radius 3 is 2.53 bits per heavy atom. The number of benzene rings is 2. The third kappa shape index (κ3) is 4.13. The molecule has 3 aromatic rings. The molecule has 1 aliphatic heterocycles. The van der Waals surface area contributed by atoms with Gasteiger partial charge in [0.05, 0.1) is 10.9 Å². The minimum Gasteiger partial charge on any atom is -0.332 e. The molecule has 0 spiro atoms. The maximum absolute atomic E-state index is 13.1. The predicted molar refractivity (Wildman–Crippen MR) is 118 cm³/mol. The molecule has 1 fully saturated rings. The topological polar surface area (TPSA) is 58.1 Å². The van der Waals surface area contributed by atoms with Crippen molar-refractivity contribution in [2.24, 2.45) is 5.92 Å². The van der Waals surface area contributed by atoms with Gasteiger partial charge in [0.25, 0.3) is 5.56 Å². The Hall–Kier alpha value is -2.64. The van der Waals surface area contributed by atoms with Gasteiger partial charge >= 0.3 is 0 Å². The molecule has 5 nitrogen and oxygen atoms in total. The van der Waals surface area contributed by atoms with Gasteiger partial charge in [0.1, 0.15) is 5.82 Å². The average molecular weight is 426 g/mol. The predicted octanol–water partition coefficient (Wildman–Crippen LogP) is 4.35. The van der Waals surface area contributed by atoms with E-state index in [1.165, 1.54) is 12.1 Å². The molecular formula is C23H24FN3O2S. The third-order valence-electron chi connectivity index (χ3n) is 5.89. The minimum atomic E-state index is -0.336. The number of aromatic nitrogens is 2. The van der Waals surface area contributed by atoms with Gasteiger partial charge in [-0.05, 0) is 81.5 Å². The molecule has 1 saturated heterocycles. The summed E-state index contributed by atoms with van der Waals surface area (Å²) in [5.74, 6) is -0.304. The largest absolute Gasteiger partial charge is 0.332 e. The SMILES string of the molecule is C[C@@H](CN1CCC(C(=O)c2ccc(F)cc2)CC1)n1c(=S)[nH]c2ccccc2c1=O. The number of fused-ring (bicyclic) bond motifs is 1. The summed E-state index contributed by atoms with van der Waals surface area (Å²) in [6.07, 6.45) is 1.50. The van der Waals surface area contributed by atoms with Crippen LogP contribution in [0.1, 0.15) is 36.2 Å². The van der Waals surface area contributed by atoms with E-state index in [4.69, 9.17) is 12.2 Å². The summed E-state index contributed by atoms with van der Waals surface area (Å²) in [4.78, 5) is 31.0. The maximum atomic E-state index is 13.1. The number of ketones is 1. The summed E-state index contributed by atoms with van der Waals surface area (Å²) < 4.78 is 15.2. The molecule has 0 unspecified atom stereocenters. The second kappa shape index (κ2) is 8.62. The Labute approximate surface area is 179 Å². The van der Waals surface area contributed by atoms with Crippen molar-refractivity contribution >= 4 is 28.9 Å². The van der Waals surface area contributed by atoms with E-state index < -0.39 is 0 Å². The Bertz CT molecular complexity index is 1180. The standard InChI is InChI=1S/C23H24FN3O2S/c1-15(27-22(29)19-4-2-3-5-20(19)25-23(27)30)14-26-12-10-17(11-13-26)21(28)16-6-8-18(24)9-7-16/h2-9,15,17H,10-14H2,1H3,(H,25,30)/t15-/m0/s1. The molecule has 0 amide bonds. The fraction of sp³-hybridized carbons (Fsp3) is 0.348. The van der Waals surface area contributed by atoms with Crippen molar-refractivity contribution in [3.05, 3.63) is 75.0 Å². The number of hydrogen-bond acceptors (Lipinski definition) is 4. The number of nitrogens with one attached hydrogen (secondary N) is 1. The molecule has 1 aliphatic rings. The smallest absolute Gasteiger partial charge is 0.262 e. The van der Waals surface area contributed by atoms with E-state index in [1.807, 2.05) is 25.1 Å². The summed E-state index contributed by atoms with van der Waals surface area (Å²) in [5.41, 5.74) is 1.23. The van der Waals surface area contributed by atoms with Crippen molar-refractivity contribution in [3.8, 4) is 0 Å². The van der Waals surface area contributed by atoms with Gasteiger partial charge in [0.15, 0.2) is 10.6 Å². The lowest BCUT2D eigenvalue weighted by Gasteiger charge is -2.33. The van der Waals surface area contributed by atoms with Crippen LogP contribution in [0.5, 0.6) is 0 Å². The van der Waals surface area contributed by atoms with Crippen LogP contribution in [0.4, 0.5) is 4.39 Å². The number of carbonyl (C=O) groups is 1. The summed E-state index contributed by atoms with van der Waals surface area (Å²) in [6.45, 7) is 4.24. The molecule has 4 rings (SSSR count). The summed E-state index contributed by atoms with van der Waals surface area (Å²) >= 11 is 5.44. The lowest BCUT2D eigenvalue weighted by molar-refractivity contribution is 0.0829. The summed E-state index contributed by atoms with van der Waals surface area (Å²) in [6, 6.07) is 13.1. The van der Waals surface area contributed by atoms with Crippen LogP contribution in [-0.2, 0) is 0 Å². The molecule has 0 radical (unpaired) electrons. The second-order valence-electron chi connectivity index (χ2n) is 7.95. The molecule has 0 saturated carbocycles. The molecule has 1 aromatic heterocycles. The van der Waals surface area contributed by atoms with Crippen LogP contribution in [0.15, 0.2) is 53.3 Å². The second-order valence-corrected chi connectivity index (χ2v) is 8.33. The van der Waals surface area contributed by atoms with Crippen molar-refractivity contribution in [1.29, 1.82) is 0 Å². The van der Waals surface area contributed by atoms with E-state index >= 15 is 0 Å². The number of rotatable bonds is 5. The lowest BCUT2D eigenvalue weighted by atomic mass is 9.89. The Morgan fingerprint density at radius 2 is 1.83 bits per heavy atom. The molecule has 30 heavy (non-hydrogen) atoms. The Morgan fingerprint density at radius 1 is 1.17 bits per heavy atom. The van der Waals surface area contributed by atoms with Gasteiger partial charge < -0.3 is 9.88 Å². The molecular weight excluding hydrogens is 401 g/mol. The lowest BCUT2D eigenvalue weighted by Crippen LogP contribution is -2.40. The number of likely N-dealkylation sites (tertiary alicyclic amines) is 1. The molecule has 0 bridgehead atoms. The summed E-state index contributed by atoms with van der Waals surface area (Å²) in [5, 5.41) is 0.626. The van der Waals surface area contributed by atoms with Gasteiger partial charge in [-0.1, -0.05) is 12.1 Å². The first kappa shape index (κ1) is 20.6. The number of nitrogens with zero attached hydrogens (tertiary/aromatic N) is 2. The van der Waals surface area contributed by atoms with Gasteiger partial charge in [-0.2, -0.15) is 0 Å². The molecule has 156 valence electrons. The average Bonchev–Trinajstić information content (AvgIpc) is 2.74. The van der Waals surface area contributed by atoms with Crippen LogP contribution in [0.25, 0.3) is 10.9 Å². The van der Waals surface area contributed by atoms with Crippen molar-refractivity contribution in [3.63, 3.8) is 0 Å². The number of hydrogen-bond donors (Lipinski definition) is 1. The van der Waals surface area contributed by atoms with Crippen molar-refractivity contribution in [2.45, 2.75) is 25.8 Å². The number of carbonyl (C=O) groups excluding carboxylic acids is 1. The first-order valence-corrected chi connectivity index (χ1v) is 10.6. The van der Waals surface area contributed by atoms with E-state index in [0.29, 0.717) is 22.3 Å². The normalized spacial score (nSPS) is 16.6. The van der Waals surface area contributed by atoms with Gasteiger partial charge in [-0.3, -0.25) is 14.2 Å². The van der Waals surface area contributed by atoms with Gasteiger partial charge in [-0.25, -0.2) is 4.39 Å². The highest BCUT2D eigenvalue weighted by atomic mass is 32.1. The highest BCUT2D eigenvalue weighted by Gasteiger charge is 2.27. The third-order valence-corrected chi connectivity index (χ3v) is 6.19. The van der Waals surface area contributed by atoms with Crippen LogP contribution < -0.4 is 5.56 Å². The maximum Gasteiger partial charge on any atom is 0.262 e. The molecule has 1 atom stereocenters. The van der Waals surface area contributed by atoms with Crippen LogP contribution in [-0.4, -0.2) is 39.9 Å². The minimum absolute atomic E-state index is 0.0479. The first-order chi connectivity index (χ1) is 14.4. The van der Waals surface area contributed by atoms with E-state index in [0.717, 1.165) is 31.4 Å². The van der Waals surface area contributed by atoms with E-state index in [2.05, 4.69) is 9.88 Å². The van der Waals surface area contributed by atoms with Crippen LogP contribution in [0.2, 0.25) is 0 Å². The van der Waals surface area contributed by atoms with Crippen LogP contribution >= 0.6 is 12.2 Å². The zero-order chi connectivity index (χ0) is 21.3. The van der Waals surface area contributed by atoms with Gasteiger partial charge in [0, 0.05) is 24.1 Å². The first-order valence-electron chi connectivity index (χ1n) is 10.2. The fourth-order valence-corrected chi connectivity index (χ4v) is 4.63. The highest BCUT2D eigenvalue weighted by molar-refractivity contribution is 7.71. The Kier molecular flexibility index (Phi) is 5.92. The van der Waals surface area contributed by atoms with Crippen molar-refractivity contribution in [2.75, 3.05) is 19.6 Å². The zero-order valence-electron chi connectivity index (χ0n) is 16.8. The number of halogens is 1. The molecule has 2 aromatic carbocycles. The van der Waals surface area contributed by atoms with E-state index in [-0.39, 0.29) is 29.1 Å². The highest BCUT2D eigenvalue weighted by Crippen LogP contribution is 2.23. The summed E-state index contributed by atoms with van der Waals surface area (Å²) in [7, 11) is 0. The number of H-pyrrole nitrogens is 1. The monoisotopic (exact) mass is 425 g/mol. The number of Topliss-reactive ketones (excluding diaryl/α,β-unsaturated/α-hetero) is 1. The van der Waals surface area contributed by atoms with Crippen LogP contribution in [0, 0.1) is 16.5 Å². The van der Waals surface area contributed by atoms with E-state index in [9.17, 15) is 14.0 Å². The quantitative estimate of drug-likeness (QED) is 0.488. The van der Waals surface area contributed by atoms with Crippen molar-refractivity contribution < 1.29 is 9.18 Å². The molecule has 7 heteroatoms. The number of piperidine rings is 1. The Balaban J connectivity index is 1.42. The number of aromatic amines is 1. The zero-order valence-corrected chi connectivity index (χ0v) is 17.6. The molecule has 2 heterocycles. The van der Waals surface area contributed by atoms with Gasteiger partial charge in [0.2, 0.25) is 0 Å². The van der Waals surface area contributed by atoms with E-state index in [1.54, 1.807) is 22.8 Å². The van der Waals surface area contributed by atoms with Crippen LogP contribution in [0.3, 0.4) is 0 Å². The fourth-order valence-electron chi connectivity index (χ4n) is 4.26.